The van der Waals surface area contributed by atoms with Crippen LogP contribution in [0, 0.1) is 17.5 Å². The van der Waals surface area contributed by atoms with Gasteiger partial charge in [-0.2, -0.15) is 0 Å². The second-order valence-corrected chi connectivity index (χ2v) is 5.11. The highest BCUT2D eigenvalue weighted by atomic mass is 19.2. The Morgan fingerprint density at radius 1 is 1.05 bits per heavy atom. The third-order valence-electron chi connectivity index (χ3n) is 3.62. The molecule has 2 aromatic carbocycles. The highest BCUT2D eigenvalue weighted by molar-refractivity contribution is 5.83. The molecule has 0 spiro atoms. The molecule has 0 amide bonds. The Kier molecular flexibility index (Phi) is 3.33. The molecule has 0 aromatic heterocycles. The first-order valence-electron chi connectivity index (χ1n) is 6.48. The summed E-state index contributed by atoms with van der Waals surface area (Å²) in [6.07, 6.45) is 0.535. The predicted octanol–water partition coefficient (Wildman–Crippen LogP) is 3.14. The number of fused-ring (bicyclic) bond motifs is 1. The van der Waals surface area contributed by atoms with E-state index in [4.69, 9.17) is 0 Å². The highest BCUT2D eigenvalue weighted by Crippen LogP contribution is 2.38. The maximum Gasteiger partial charge on any atom is 0.194 e. The zero-order chi connectivity index (χ0) is 16.0. The number of phenolic OH excluding ortho intramolecular Hbond substituents is 1. The molecule has 0 saturated carbocycles. The molecule has 3 nitrogen and oxygen atoms in total. The monoisotopic (exact) mass is 307 g/mol. The van der Waals surface area contributed by atoms with Crippen LogP contribution in [-0.2, 0) is 0 Å². The third-order valence-corrected chi connectivity index (χ3v) is 3.62. The van der Waals surface area contributed by atoms with Crippen molar-refractivity contribution in [2.24, 2.45) is 0 Å². The van der Waals surface area contributed by atoms with Crippen LogP contribution in [0.2, 0.25) is 0 Å². The molecule has 1 aliphatic rings. The first-order valence-corrected chi connectivity index (χ1v) is 6.48. The molecule has 3 rings (SSSR count). The summed E-state index contributed by atoms with van der Waals surface area (Å²) in [4.78, 5) is 1.45. The summed E-state index contributed by atoms with van der Waals surface area (Å²) in [5.41, 5.74) is 1.39. The number of hydrogen-bond donors (Lipinski definition) is 2. The molecular weight excluding hydrogens is 295 g/mol. The number of phenols is 1. The molecule has 0 saturated heterocycles. The number of aromatic hydroxyl groups is 1. The number of aliphatic hydroxyl groups is 1. The van der Waals surface area contributed by atoms with Crippen LogP contribution < -0.4 is 0 Å². The number of benzene rings is 2. The van der Waals surface area contributed by atoms with Crippen LogP contribution >= 0.6 is 0 Å². The fraction of sp³-hybridized carbons (Fsp3) is 0.125. The lowest BCUT2D eigenvalue weighted by molar-refractivity contribution is 0.0521. The SMILES string of the molecule is CN1C=C(c2cc(F)c(F)c(F)c2)c2cc(O)ccc2C1O. The average Bonchev–Trinajstić information content (AvgIpc) is 2.48. The Bertz CT molecular complexity index is 766. The van der Waals surface area contributed by atoms with E-state index in [1.807, 2.05) is 0 Å². The van der Waals surface area contributed by atoms with E-state index in [0.717, 1.165) is 12.1 Å². The minimum absolute atomic E-state index is 0.0514. The molecular formula is C16H12F3NO2. The van der Waals surface area contributed by atoms with Gasteiger partial charge >= 0.3 is 0 Å². The molecule has 1 heterocycles. The fourth-order valence-electron chi connectivity index (χ4n) is 2.51. The minimum atomic E-state index is -1.54. The van der Waals surface area contributed by atoms with Gasteiger partial charge in [-0.3, -0.25) is 0 Å². The maximum atomic E-state index is 13.5. The molecule has 1 unspecified atom stereocenters. The first kappa shape index (κ1) is 14.5. The second-order valence-electron chi connectivity index (χ2n) is 5.11. The van der Waals surface area contributed by atoms with Gasteiger partial charge in [0.25, 0.3) is 0 Å². The van der Waals surface area contributed by atoms with E-state index in [9.17, 15) is 23.4 Å². The number of hydrogen-bond acceptors (Lipinski definition) is 3. The largest absolute Gasteiger partial charge is 0.508 e. The molecule has 114 valence electrons. The molecule has 6 heteroatoms. The number of aliphatic hydroxyl groups excluding tert-OH is 1. The molecule has 0 bridgehead atoms. The highest BCUT2D eigenvalue weighted by Gasteiger charge is 2.25. The van der Waals surface area contributed by atoms with Crippen LogP contribution in [0.25, 0.3) is 5.57 Å². The van der Waals surface area contributed by atoms with Crippen molar-refractivity contribution in [3.63, 3.8) is 0 Å². The zero-order valence-electron chi connectivity index (χ0n) is 11.5. The van der Waals surface area contributed by atoms with Crippen molar-refractivity contribution in [3.05, 3.63) is 70.7 Å². The van der Waals surface area contributed by atoms with Crippen LogP contribution in [-0.4, -0.2) is 22.2 Å². The summed E-state index contributed by atoms with van der Waals surface area (Å²) in [7, 11) is 1.59. The van der Waals surface area contributed by atoms with Crippen molar-refractivity contribution in [2.45, 2.75) is 6.23 Å². The van der Waals surface area contributed by atoms with Gasteiger partial charge in [-0.05, 0) is 35.4 Å². The number of rotatable bonds is 1. The summed E-state index contributed by atoms with van der Waals surface area (Å²) in [5.74, 6) is -4.19. The van der Waals surface area contributed by atoms with E-state index >= 15 is 0 Å². The van der Waals surface area contributed by atoms with Crippen molar-refractivity contribution in [1.29, 1.82) is 0 Å². The Morgan fingerprint density at radius 2 is 1.68 bits per heavy atom. The van der Waals surface area contributed by atoms with Crippen LogP contribution in [0.1, 0.15) is 22.9 Å². The molecule has 0 aliphatic carbocycles. The van der Waals surface area contributed by atoms with Gasteiger partial charge in [0.05, 0.1) is 0 Å². The van der Waals surface area contributed by atoms with Crippen molar-refractivity contribution < 1.29 is 23.4 Å². The standard InChI is InChI=1S/C16H12F3NO2/c1-20-7-12(8-4-13(17)15(19)14(18)5-8)11-6-9(21)2-3-10(11)16(20)22/h2-7,16,21-22H,1H3. The average molecular weight is 307 g/mol. The zero-order valence-corrected chi connectivity index (χ0v) is 11.5. The van der Waals surface area contributed by atoms with Crippen LogP contribution in [0.4, 0.5) is 13.2 Å². The Labute approximate surface area is 124 Å². The Hall–Kier alpha value is -2.47. The molecule has 2 aromatic rings. The lowest BCUT2D eigenvalue weighted by Gasteiger charge is -2.31. The molecule has 1 atom stereocenters. The van der Waals surface area contributed by atoms with Crippen molar-refractivity contribution in [1.82, 2.24) is 4.90 Å². The van der Waals surface area contributed by atoms with Crippen molar-refractivity contribution in [3.8, 4) is 5.75 Å². The molecule has 1 aliphatic heterocycles. The third kappa shape index (κ3) is 2.21. The smallest absolute Gasteiger partial charge is 0.194 e. The Morgan fingerprint density at radius 3 is 2.32 bits per heavy atom. The quantitative estimate of drug-likeness (QED) is 0.796. The Balaban J connectivity index is 2.23. The van der Waals surface area contributed by atoms with Crippen LogP contribution in [0.3, 0.4) is 0 Å². The normalized spacial score (nSPS) is 17.2. The molecule has 0 radical (unpaired) electrons. The van der Waals surface area contributed by atoms with Gasteiger partial charge in [-0.15, -0.1) is 0 Å². The second kappa shape index (κ2) is 5.06. The topological polar surface area (TPSA) is 43.7 Å². The summed E-state index contributed by atoms with van der Waals surface area (Å²) >= 11 is 0. The van der Waals surface area contributed by atoms with Gasteiger partial charge < -0.3 is 15.1 Å². The summed E-state index contributed by atoms with van der Waals surface area (Å²) in [6.45, 7) is 0. The summed E-state index contributed by atoms with van der Waals surface area (Å²) in [5, 5.41) is 19.8. The van der Waals surface area contributed by atoms with E-state index in [1.165, 1.54) is 29.3 Å². The fourth-order valence-corrected chi connectivity index (χ4v) is 2.51. The predicted molar refractivity (Wildman–Crippen MR) is 74.2 cm³/mol. The van der Waals surface area contributed by atoms with E-state index in [-0.39, 0.29) is 11.3 Å². The first-order chi connectivity index (χ1) is 10.4. The van der Waals surface area contributed by atoms with Crippen LogP contribution in [0.15, 0.2) is 36.5 Å². The van der Waals surface area contributed by atoms with Gasteiger partial charge in [-0.1, -0.05) is 6.07 Å². The summed E-state index contributed by atoms with van der Waals surface area (Å²) in [6, 6.07) is 6.07. The van der Waals surface area contributed by atoms with Gasteiger partial charge in [-0.25, -0.2) is 13.2 Å². The molecule has 0 fully saturated rings. The van der Waals surface area contributed by atoms with Gasteiger partial charge in [0.15, 0.2) is 23.7 Å². The summed E-state index contributed by atoms with van der Waals surface area (Å²) < 4.78 is 40.1. The van der Waals surface area contributed by atoms with Gasteiger partial charge in [0, 0.05) is 24.4 Å². The van der Waals surface area contributed by atoms with Crippen molar-refractivity contribution >= 4 is 5.57 Å². The van der Waals surface area contributed by atoms with E-state index in [2.05, 4.69) is 0 Å². The lowest BCUT2D eigenvalue weighted by Crippen LogP contribution is -2.24. The van der Waals surface area contributed by atoms with Crippen molar-refractivity contribution in [2.75, 3.05) is 7.05 Å². The maximum absolute atomic E-state index is 13.5. The number of halogens is 3. The van der Waals surface area contributed by atoms with Gasteiger partial charge in [0.1, 0.15) is 5.75 Å². The van der Waals surface area contributed by atoms with E-state index in [0.29, 0.717) is 16.7 Å². The molecule has 2 N–H and O–H groups in total. The van der Waals surface area contributed by atoms with E-state index < -0.39 is 23.7 Å². The minimum Gasteiger partial charge on any atom is -0.508 e. The lowest BCUT2D eigenvalue weighted by atomic mass is 9.90. The van der Waals surface area contributed by atoms with E-state index in [1.54, 1.807) is 7.05 Å². The molecule has 22 heavy (non-hydrogen) atoms. The van der Waals surface area contributed by atoms with Gasteiger partial charge in [0.2, 0.25) is 0 Å². The number of nitrogens with zero attached hydrogens (tertiary/aromatic N) is 1. The van der Waals surface area contributed by atoms with Crippen LogP contribution in [0.5, 0.6) is 5.75 Å².